The number of para-hydroxylation sites is 1. The molecular weight excluding hydrogens is 260 g/mol. The maximum Gasteiger partial charge on any atom is 0.119 e. The molecule has 2 aromatic carbocycles. The van der Waals surface area contributed by atoms with Crippen LogP contribution < -0.4 is 15.0 Å². The summed E-state index contributed by atoms with van der Waals surface area (Å²) in [6.45, 7) is 7.79. The second-order valence-electron chi connectivity index (χ2n) is 4.80. The minimum absolute atomic E-state index is 0.704. The predicted molar refractivity (Wildman–Crippen MR) is 90.4 cm³/mol. The predicted octanol–water partition coefficient (Wildman–Crippen LogP) is 4.02. The first-order chi connectivity index (χ1) is 10.3. The van der Waals surface area contributed by atoms with E-state index in [1.54, 1.807) is 0 Å². The van der Waals surface area contributed by atoms with Crippen molar-refractivity contribution in [1.82, 2.24) is 0 Å². The van der Waals surface area contributed by atoms with Crippen LogP contribution in [0.2, 0.25) is 0 Å². The van der Waals surface area contributed by atoms with Crippen molar-refractivity contribution in [2.75, 3.05) is 36.5 Å². The topological polar surface area (TPSA) is 24.5 Å². The van der Waals surface area contributed by atoms with Crippen LogP contribution in [0.5, 0.6) is 5.75 Å². The summed E-state index contributed by atoms with van der Waals surface area (Å²) in [5, 5.41) is 3.45. The zero-order valence-corrected chi connectivity index (χ0v) is 12.9. The summed E-state index contributed by atoms with van der Waals surface area (Å²) < 4.78 is 5.44. The first-order valence-corrected chi connectivity index (χ1v) is 7.60. The molecule has 0 heterocycles. The van der Waals surface area contributed by atoms with E-state index < -0.39 is 0 Å². The van der Waals surface area contributed by atoms with E-state index in [2.05, 4.69) is 59.6 Å². The molecule has 21 heavy (non-hydrogen) atoms. The van der Waals surface area contributed by atoms with Gasteiger partial charge >= 0.3 is 0 Å². The van der Waals surface area contributed by atoms with E-state index in [9.17, 15) is 0 Å². The van der Waals surface area contributed by atoms with Gasteiger partial charge in [-0.25, -0.2) is 0 Å². The van der Waals surface area contributed by atoms with Crippen molar-refractivity contribution in [3.05, 3.63) is 54.6 Å². The Labute approximate surface area is 127 Å². The van der Waals surface area contributed by atoms with Gasteiger partial charge in [0, 0.05) is 31.0 Å². The summed E-state index contributed by atoms with van der Waals surface area (Å²) in [6.07, 6.45) is 0. The summed E-state index contributed by atoms with van der Waals surface area (Å²) in [4.78, 5) is 2.36. The molecule has 0 amide bonds. The first-order valence-electron chi connectivity index (χ1n) is 7.60. The summed E-state index contributed by atoms with van der Waals surface area (Å²) >= 11 is 0. The molecular formula is C18H24N2O. The quantitative estimate of drug-likeness (QED) is 0.792. The van der Waals surface area contributed by atoms with Gasteiger partial charge < -0.3 is 15.0 Å². The Morgan fingerprint density at radius 2 is 1.67 bits per heavy atom. The van der Waals surface area contributed by atoms with Crippen molar-refractivity contribution in [3.63, 3.8) is 0 Å². The average Bonchev–Trinajstić information content (AvgIpc) is 2.54. The van der Waals surface area contributed by atoms with Gasteiger partial charge in [-0.05, 0) is 50.2 Å². The zero-order chi connectivity index (χ0) is 14.9. The number of anilines is 2. The second kappa shape index (κ2) is 8.20. The Kier molecular flexibility index (Phi) is 5.95. The molecule has 0 aromatic heterocycles. The Morgan fingerprint density at radius 3 is 2.29 bits per heavy atom. The van der Waals surface area contributed by atoms with Gasteiger partial charge in [0.1, 0.15) is 5.75 Å². The van der Waals surface area contributed by atoms with Gasteiger partial charge in [0.2, 0.25) is 0 Å². The van der Waals surface area contributed by atoms with Crippen LogP contribution in [0.15, 0.2) is 54.6 Å². The molecule has 112 valence electrons. The highest BCUT2D eigenvalue weighted by Crippen LogP contribution is 2.16. The molecule has 2 rings (SSSR count). The lowest BCUT2D eigenvalue weighted by Crippen LogP contribution is -2.28. The van der Waals surface area contributed by atoms with Crippen LogP contribution in [0.4, 0.5) is 11.4 Å². The highest BCUT2D eigenvalue weighted by Gasteiger charge is 2.02. The van der Waals surface area contributed by atoms with Crippen molar-refractivity contribution in [1.29, 1.82) is 0 Å². The molecule has 3 nitrogen and oxygen atoms in total. The highest BCUT2D eigenvalue weighted by atomic mass is 16.5. The van der Waals surface area contributed by atoms with Crippen LogP contribution in [-0.2, 0) is 0 Å². The van der Waals surface area contributed by atoms with E-state index in [0.29, 0.717) is 6.61 Å². The van der Waals surface area contributed by atoms with Gasteiger partial charge in [-0.2, -0.15) is 0 Å². The number of hydrogen-bond acceptors (Lipinski definition) is 3. The Bertz CT molecular complexity index is 511. The van der Waals surface area contributed by atoms with Crippen LogP contribution in [0.25, 0.3) is 0 Å². The van der Waals surface area contributed by atoms with Crippen molar-refractivity contribution in [3.8, 4) is 5.75 Å². The molecule has 2 aromatic rings. The van der Waals surface area contributed by atoms with Crippen molar-refractivity contribution in [2.24, 2.45) is 0 Å². The highest BCUT2D eigenvalue weighted by molar-refractivity contribution is 5.48. The zero-order valence-electron chi connectivity index (χ0n) is 12.9. The molecule has 1 N–H and O–H groups in total. The summed E-state index contributed by atoms with van der Waals surface area (Å²) in [6, 6.07) is 18.6. The van der Waals surface area contributed by atoms with Gasteiger partial charge in [-0.1, -0.05) is 18.2 Å². The number of rotatable bonds is 8. The SMILES string of the molecule is CCOc1ccc(NCCN(CC)c2ccccc2)cc1. The maximum atomic E-state index is 5.44. The molecule has 0 aliphatic heterocycles. The second-order valence-corrected chi connectivity index (χ2v) is 4.80. The number of benzene rings is 2. The van der Waals surface area contributed by atoms with Crippen LogP contribution in [-0.4, -0.2) is 26.2 Å². The molecule has 0 fully saturated rings. The maximum absolute atomic E-state index is 5.44. The van der Waals surface area contributed by atoms with Gasteiger partial charge in [-0.3, -0.25) is 0 Å². The third-order valence-corrected chi connectivity index (χ3v) is 3.38. The van der Waals surface area contributed by atoms with Gasteiger partial charge in [0.25, 0.3) is 0 Å². The van der Waals surface area contributed by atoms with E-state index in [4.69, 9.17) is 4.74 Å². The fourth-order valence-corrected chi connectivity index (χ4v) is 2.28. The van der Waals surface area contributed by atoms with E-state index >= 15 is 0 Å². The van der Waals surface area contributed by atoms with Gasteiger partial charge in [0.05, 0.1) is 6.61 Å². The monoisotopic (exact) mass is 284 g/mol. The molecule has 0 radical (unpaired) electrons. The van der Waals surface area contributed by atoms with E-state index in [0.717, 1.165) is 31.1 Å². The normalized spacial score (nSPS) is 10.2. The van der Waals surface area contributed by atoms with E-state index in [1.807, 2.05) is 19.1 Å². The van der Waals surface area contributed by atoms with Crippen LogP contribution in [0.1, 0.15) is 13.8 Å². The lowest BCUT2D eigenvalue weighted by atomic mass is 10.2. The third-order valence-electron chi connectivity index (χ3n) is 3.38. The Morgan fingerprint density at radius 1 is 0.952 bits per heavy atom. The Hall–Kier alpha value is -2.16. The largest absolute Gasteiger partial charge is 0.494 e. The van der Waals surface area contributed by atoms with E-state index in [1.165, 1.54) is 5.69 Å². The molecule has 0 saturated carbocycles. The standard InChI is InChI=1S/C18H24N2O/c1-3-20(17-8-6-5-7-9-17)15-14-19-16-10-12-18(13-11-16)21-4-2/h5-13,19H,3-4,14-15H2,1-2H3. The van der Waals surface area contributed by atoms with Crippen molar-refractivity contribution < 1.29 is 4.74 Å². The minimum atomic E-state index is 0.704. The molecule has 0 atom stereocenters. The smallest absolute Gasteiger partial charge is 0.119 e. The molecule has 0 spiro atoms. The molecule has 0 aliphatic carbocycles. The molecule has 0 saturated heterocycles. The molecule has 0 bridgehead atoms. The number of hydrogen-bond donors (Lipinski definition) is 1. The van der Waals surface area contributed by atoms with Gasteiger partial charge in [-0.15, -0.1) is 0 Å². The minimum Gasteiger partial charge on any atom is -0.494 e. The molecule has 0 unspecified atom stereocenters. The molecule has 3 heteroatoms. The van der Waals surface area contributed by atoms with Gasteiger partial charge in [0.15, 0.2) is 0 Å². The van der Waals surface area contributed by atoms with Crippen molar-refractivity contribution >= 4 is 11.4 Å². The lowest BCUT2D eigenvalue weighted by molar-refractivity contribution is 0.340. The third kappa shape index (κ3) is 4.71. The Balaban J connectivity index is 1.82. The summed E-state index contributed by atoms with van der Waals surface area (Å²) in [5.41, 5.74) is 2.40. The molecule has 0 aliphatic rings. The fraction of sp³-hybridized carbons (Fsp3) is 0.333. The van der Waals surface area contributed by atoms with E-state index in [-0.39, 0.29) is 0 Å². The van der Waals surface area contributed by atoms with Crippen molar-refractivity contribution in [2.45, 2.75) is 13.8 Å². The number of nitrogens with one attached hydrogen (secondary N) is 1. The first kappa shape index (κ1) is 15.2. The van der Waals surface area contributed by atoms with Crippen LogP contribution in [0.3, 0.4) is 0 Å². The fourth-order valence-electron chi connectivity index (χ4n) is 2.28. The number of nitrogens with zero attached hydrogens (tertiary/aromatic N) is 1. The summed E-state index contributed by atoms with van der Waals surface area (Å²) in [7, 11) is 0. The number of ether oxygens (including phenoxy) is 1. The average molecular weight is 284 g/mol. The lowest BCUT2D eigenvalue weighted by Gasteiger charge is -2.23. The van der Waals surface area contributed by atoms with Crippen LogP contribution in [0, 0.1) is 0 Å². The summed E-state index contributed by atoms with van der Waals surface area (Å²) in [5.74, 6) is 0.919. The van der Waals surface area contributed by atoms with Crippen LogP contribution >= 0.6 is 0 Å². The number of likely N-dealkylation sites (N-methyl/N-ethyl adjacent to an activating group) is 1.